The van der Waals surface area contributed by atoms with E-state index < -0.39 is 0 Å². The molecule has 1 unspecified atom stereocenters. The zero-order chi connectivity index (χ0) is 12.3. The number of benzene rings is 1. The maximum absolute atomic E-state index is 3.64. The van der Waals surface area contributed by atoms with Gasteiger partial charge in [0.2, 0.25) is 0 Å². The zero-order valence-corrected chi connectivity index (χ0v) is 12.4. The summed E-state index contributed by atoms with van der Waals surface area (Å²) in [5.41, 5.74) is 1.43. The van der Waals surface area contributed by atoms with Crippen LogP contribution in [0.3, 0.4) is 0 Å². The summed E-state index contributed by atoms with van der Waals surface area (Å²) in [4.78, 5) is 3.35. The zero-order valence-electron chi connectivity index (χ0n) is 10.8. The van der Waals surface area contributed by atoms with Crippen LogP contribution in [0, 0.1) is 0 Å². The molecule has 0 aliphatic carbocycles. The number of quaternary nitrogens is 2. The third kappa shape index (κ3) is 3.54. The predicted octanol–water partition coefficient (Wildman–Crippen LogP) is 0.141. The van der Waals surface area contributed by atoms with Gasteiger partial charge in [-0.1, -0.05) is 34.1 Å². The number of hydrogen-bond donors (Lipinski definition) is 2. The second kappa shape index (κ2) is 5.98. The molecule has 2 nitrogen and oxygen atoms in total. The molecular weight excluding hydrogens is 276 g/mol. The maximum Gasteiger partial charge on any atom is 0.104 e. The first kappa shape index (κ1) is 13.1. The molecular formula is C14H23BrN2+2. The van der Waals surface area contributed by atoms with Crippen LogP contribution in [-0.4, -0.2) is 33.2 Å². The van der Waals surface area contributed by atoms with Crippen LogP contribution in [0.25, 0.3) is 0 Å². The molecule has 1 aliphatic rings. The van der Waals surface area contributed by atoms with E-state index in [-0.39, 0.29) is 0 Å². The Labute approximate surface area is 113 Å². The van der Waals surface area contributed by atoms with E-state index in [1.807, 2.05) is 0 Å². The first-order valence-corrected chi connectivity index (χ1v) is 7.33. The van der Waals surface area contributed by atoms with Gasteiger partial charge in [0, 0.05) is 22.9 Å². The fourth-order valence-corrected chi connectivity index (χ4v) is 3.11. The summed E-state index contributed by atoms with van der Waals surface area (Å²) in [7, 11) is 4.64. The van der Waals surface area contributed by atoms with Gasteiger partial charge in [0.15, 0.2) is 0 Å². The molecule has 0 bridgehead atoms. The quantitative estimate of drug-likeness (QED) is 0.786. The van der Waals surface area contributed by atoms with Gasteiger partial charge in [-0.15, -0.1) is 0 Å². The summed E-state index contributed by atoms with van der Waals surface area (Å²) in [5.74, 6) is 0. The number of nitrogens with one attached hydrogen (secondary N) is 2. The minimum Gasteiger partial charge on any atom is -0.337 e. The molecule has 0 amide bonds. The van der Waals surface area contributed by atoms with Gasteiger partial charge in [0.1, 0.15) is 6.54 Å². The lowest BCUT2D eigenvalue weighted by molar-refractivity contribution is -0.948. The lowest BCUT2D eigenvalue weighted by Gasteiger charge is -2.30. The van der Waals surface area contributed by atoms with Crippen LogP contribution in [0.1, 0.15) is 18.4 Å². The van der Waals surface area contributed by atoms with Gasteiger partial charge >= 0.3 is 0 Å². The average Bonchev–Trinajstić information content (AvgIpc) is 2.33. The first-order valence-electron chi connectivity index (χ1n) is 6.54. The Morgan fingerprint density at radius 2 is 1.94 bits per heavy atom. The van der Waals surface area contributed by atoms with Crippen LogP contribution in [0.2, 0.25) is 0 Å². The Kier molecular flexibility index (Phi) is 4.60. The molecule has 0 radical (unpaired) electrons. The molecule has 1 fully saturated rings. The Morgan fingerprint density at radius 1 is 1.29 bits per heavy atom. The van der Waals surface area contributed by atoms with E-state index in [1.165, 1.54) is 36.0 Å². The van der Waals surface area contributed by atoms with Gasteiger partial charge in [-0.3, -0.25) is 0 Å². The van der Waals surface area contributed by atoms with Crippen molar-refractivity contribution in [3.05, 3.63) is 34.3 Å². The number of piperidine rings is 1. The molecule has 1 aromatic carbocycles. The topological polar surface area (TPSA) is 8.88 Å². The van der Waals surface area contributed by atoms with Crippen molar-refractivity contribution in [3.8, 4) is 0 Å². The van der Waals surface area contributed by atoms with Crippen LogP contribution in [0.15, 0.2) is 28.7 Å². The predicted molar refractivity (Wildman–Crippen MR) is 74.4 cm³/mol. The Balaban J connectivity index is 1.93. The molecule has 2 N–H and O–H groups in total. The molecule has 0 saturated carbocycles. The normalized spacial score (nSPS) is 26.8. The van der Waals surface area contributed by atoms with Gasteiger partial charge in [-0.25, -0.2) is 0 Å². The van der Waals surface area contributed by atoms with Crippen molar-refractivity contribution in [2.45, 2.75) is 25.4 Å². The van der Waals surface area contributed by atoms with Crippen LogP contribution in [-0.2, 0) is 6.54 Å². The van der Waals surface area contributed by atoms with E-state index >= 15 is 0 Å². The molecule has 1 heterocycles. The average molecular weight is 299 g/mol. The molecule has 0 spiro atoms. The number of rotatable bonds is 3. The van der Waals surface area contributed by atoms with Gasteiger partial charge in [-0.2, -0.15) is 0 Å². The van der Waals surface area contributed by atoms with Crippen LogP contribution < -0.4 is 9.80 Å². The van der Waals surface area contributed by atoms with Gasteiger partial charge < -0.3 is 9.80 Å². The van der Waals surface area contributed by atoms with Crippen molar-refractivity contribution in [3.63, 3.8) is 0 Å². The second-order valence-electron chi connectivity index (χ2n) is 5.35. The lowest BCUT2D eigenvalue weighted by Crippen LogP contribution is -3.17. The molecule has 1 aromatic rings. The second-order valence-corrected chi connectivity index (χ2v) is 6.20. The summed E-state index contributed by atoms with van der Waals surface area (Å²) in [5, 5.41) is 0. The van der Waals surface area contributed by atoms with Crippen LogP contribution in [0.5, 0.6) is 0 Å². The third-order valence-electron chi connectivity index (χ3n) is 3.96. The molecule has 1 saturated heterocycles. The standard InChI is InChI=1S/C14H21BrN2/c1-16-9-7-13(8-10-16)17(2)11-12-5-3-4-6-14(12)15/h3-6,13H,7-11H2,1-2H3/p+2. The Bertz CT molecular complexity index is 359. The van der Waals surface area contributed by atoms with Crippen molar-refractivity contribution in [2.24, 2.45) is 0 Å². The van der Waals surface area contributed by atoms with E-state index in [1.54, 1.807) is 9.80 Å². The molecule has 94 valence electrons. The number of hydrogen-bond acceptors (Lipinski definition) is 0. The SMILES string of the molecule is C[NH+]1CCC([NH+](C)Cc2ccccc2Br)CC1. The number of likely N-dealkylation sites (tertiary alicyclic amines) is 1. The molecule has 1 aliphatic heterocycles. The van der Waals surface area contributed by atoms with Gasteiger partial charge in [0.05, 0.1) is 33.2 Å². The first-order chi connectivity index (χ1) is 8.16. The lowest BCUT2D eigenvalue weighted by atomic mass is 10.0. The van der Waals surface area contributed by atoms with Gasteiger partial charge in [0.25, 0.3) is 0 Å². The molecule has 1 atom stereocenters. The smallest absolute Gasteiger partial charge is 0.104 e. The van der Waals surface area contributed by atoms with Crippen LogP contribution >= 0.6 is 15.9 Å². The molecule has 0 aromatic heterocycles. The highest BCUT2D eigenvalue weighted by molar-refractivity contribution is 9.10. The summed E-state index contributed by atoms with van der Waals surface area (Å²) < 4.78 is 1.25. The molecule has 2 rings (SSSR count). The third-order valence-corrected chi connectivity index (χ3v) is 4.74. The molecule has 17 heavy (non-hydrogen) atoms. The van der Waals surface area contributed by atoms with Crippen molar-refractivity contribution >= 4 is 15.9 Å². The highest BCUT2D eigenvalue weighted by Crippen LogP contribution is 2.14. The van der Waals surface area contributed by atoms with E-state index in [4.69, 9.17) is 0 Å². The minimum absolute atomic E-state index is 0.839. The monoisotopic (exact) mass is 298 g/mol. The number of halogens is 1. The maximum atomic E-state index is 3.64. The Morgan fingerprint density at radius 3 is 2.59 bits per heavy atom. The minimum atomic E-state index is 0.839. The van der Waals surface area contributed by atoms with E-state index in [9.17, 15) is 0 Å². The summed E-state index contributed by atoms with van der Waals surface area (Å²) >= 11 is 3.64. The van der Waals surface area contributed by atoms with Crippen molar-refractivity contribution in [1.29, 1.82) is 0 Å². The summed E-state index contributed by atoms with van der Waals surface area (Å²) in [6.07, 6.45) is 2.73. The fourth-order valence-electron chi connectivity index (χ4n) is 2.69. The highest BCUT2D eigenvalue weighted by atomic mass is 79.9. The van der Waals surface area contributed by atoms with E-state index in [0.29, 0.717) is 0 Å². The Hall–Kier alpha value is -0.380. The van der Waals surface area contributed by atoms with Gasteiger partial charge in [-0.05, 0) is 6.07 Å². The van der Waals surface area contributed by atoms with Crippen LogP contribution in [0.4, 0.5) is 0 Å². The summed E-state index contributed by atoms with van der Waals surface area (Å²) in [6.45, 7) is 3.79. The highest BCUT2D eigenvalue weighted by Gasteiger charge is 2.26. The van der Waals surface area contributed by atoms with Crippen molar-refractivity contribution in [2.75, 3.05) is 27.2 Å². The largest absolute Gasteiger partial charge is 0.337 e. The molecule has 3 heteroatoms. The van der Waals surface area contributed by atoms with E-state index in [2.05, 4.69) is 54.3 Å². The fraction of sp³-hybridized carbons (Fsp3) is 0.571. The van der Waals surface area contributed by atoms with Crippen molar-refractivity contribution < 1.29 is 9.80 Å². The summed E-state index contributed by atoms with van der Waals surface area (Å²) in [6, 6.07) is 9.43. The van der Waals surface area contributed by atoms with Crippen molar-refractivity contribution in [1.82, 2.24) is 0 Å². The van der Waals surface area contributed by atoms with E-state index in [0.717, 1.165) is 12.6 Å².